The van der Waals surface area contributed by atoms with Gasteiger partial charge in [-0.25, -0.2) is 9.78 Å². The molecule has 3 rings (SSSR count). The molecule has 2 heterocycles. The van der Waals surface area contributed by atoms with Crippen LogP contribution in [0.15, 0.2) is 35.1 Å². The number of hydrogen-bond donors (Lipinski definition) is 0. The number of benzene rings is 1. The molecule has 0 unspecified atom stereocenters. The van der Waals surface area contributed by atoms with Crippen molar-refractivity contribution in [2.75, 3.05) is 0 Å². The number of hydrogen-bond acceptors (Lipinski definition) is 3. The number of nitrogens with zero attached hydrogens (tertiary/aromatic N) is 3. The molecule has 5 heteroatoms. The van der Waals surface area contributed by atoms with Gasteiger partial charge in [-0.3, -0.25) is 13.9 Å². The summed E-state index contributed by atoms with van der Waals surface area (Å²) < 4.78 is 3.37. The van der Waals surface area contributed by atoms with E-state index in [1.54, 1.807) is 22.2 Å². The number of pyridine rings is 1. The molecule has 130 valence electrons. The van der Waals surface area contributed by atoms with Gasteiger partial charge < -0.3 is 0 Å². The fraction of sp³-hybridized carbons (Fsp3) is 0.350. The summed E-state index contributed by atoms with van der Waals surface area (Å²) in [7, 11) is 1.75. The molecule has 0 bridgehead atoms. The molecule has 0 radical (unpaired) electrons. The molecule has 0 aliphatic carbocycles. The molecule has 0 atom stereocenters. The summed E-state index contributed by atoms with van der Waals surface area (Å²) in [6, 6.07) is 9.39. The zero-order valence-corrected chi connectivity index (χ0v) is 15.3. The van der Waals surface area contributed by atoms with Crippen molar-refractivity contribution in [3.63, 3.8) is 0 Å². The van der Waals surface area contributed by atoms with Crippen molar-refractivity contribution in [1.29, 1.82) is 0 Å². The van der Waals surface area contributed by atoms with Gasteiger partial charge in [-0.05, 0) is 36.1 Å². The van der Waals surface area contributed by atoms with E-state index >= 15 is 0 Å². The van der Waals surface area contributed by atoms with E-state index in [1.165, 1.54) is 0 Å². The second kappa shape index (κ2) is 5.99. The van der Waals surface area contributed by atoms with Crippen LogP contribution >= 0.6 is 0 Å². The minimum absolute atomic E-state index is 0.00827. The Labute approximate surface area is 146 Å². The second-order valence-electron chi connectivity index (χ2n) is 7.72. The maximum atomic E-state index is 12.6. The highest BCUT2D eigenvalue weighted by atomic mass is 16.1. The first-order valence-electron chi connectivity index (χ1n) is 8.34. The van der Waals surface area contributed by atoms with Crippen molar-refractivity contribution in [2.45, 2.75) is 34.2 Å². The molecule has 3 aromatic rings. The Balaban J connectivity index is 2.21. The van der Waals surface area contributed by atoms with Crippen LogP contribution in [0.2, 0.25) is 0 Å². The molecule has 0 fully saturated rings. The number of carbonyl (C=O) groups excluding carboxylic acids is 1. The van der Waals surface area contributed by atoms with Crippen LogP contribution in [0.1, 0.15) is 36.7 Å². The third-order valence-corrected chi connectivity index (χ3v) is 4.29. The monoisotopic (exact) mass is 337 g/mol. The van der Waals surface area contributed by atoms with Gasteiger partial charge in [0.2, 0.25) is 0 Å². The first kappa shape index (κ1) is 17.1. The summed E-state index contributed by atoms with van der Waals surface area (Å²) >= 11 is 0. The maximum absolute atomic E-state index is 12.6. The van der Waals surface area contributed by atoms with Gasteiger partial charge in [0.15, 0.2) is 5.65 Å². The quantitative estimate of drug-likeness (QED) is 0.687. The van der Waals surface area contributed by atoms with E-state index in [2.05, 4.69) is 20.8 Å². The van der Waals surface area contributed by atoms with Gasteiger partial charge in [-0.15, -0.1) is 0 Å². The lowest BCUT2D eigenvalue weighted by Crippen LogP contribution is -2.27. The lowest BCUT2D eigenvalue weighted by atomic mass is 9.97. The average Bonchev–Trinajstić information content (AvgIpc) is 2.78. The zero-order valence-electron chi connectivity index (χ0n) is 15.3. The topological polar surface area (TPSA) is 56.9 Å². The van der Waals surface area contributed by atoms with Crippen LogP contribution in [0.5, 0.6) is 0 Å². The normalized spacial score (nSPS) is 11.9. The van der Waals surface area contributed by atoms with E-state index in [1.807, 2.05) is 31.2 Å². The molecular weight excluding hydrogens is 314 g/mol. The smallest absolute Gasteiger partial charge is 0.298 e. The molecule has 0 spiro atoms. The zero-order chi connectivity index (χ0) is 18.4. The Hall–Kier alpha value is -2.69. The highest BCUT2D eigenvalue weighted by Gasteiger charge is 2.19. The summed E-state index contributed by atoms with van der Waals surface area (Å²) in [6.45, 7) is 8.93. The molecule has 0 saturated carbocycles. The van der Waals surface area contributed by atoms with E-state index < -0.39 is 0 Å². The van der Waals surface area contributed by atoms with Crippen LogP contribution in [-0.2, 0) is 13.6 Å². The Kier molecular flexibility index (Phi) is 4.11. The van der Waals surface area contributed by atoms with E-state index in [4.69, 9.17) is 4.98 Å². The lowest BCUT2D eigenvalue weighted by Gasteiger charge is -2.18. The molecule has 0 aliphatic rings. The number of rotatable bonds is 3. The van der Waals surface area contributed by atoms with Crippen LogP contribution in [0.3, 0.4) is 0 Å². The maximum Gasteiger partial charge on any atom is 0.330 e. The van der Waals surface area contributed by atoms with Gasteiger partial charge in [0.1, 0.15) is 6.29 Å². The summed E-state index contributed by atoms with van der Waals surface area (Å²) in [5, 5.41) is 0. The predicted octanol–water partition coefficient (Wildman–Crippen LogP) is 3.57. The summed E-state index contributed by atoms with van der Waals surface area (Å²) in [4.78, 5) is 28.4. The van der Waals surface area contributed by atoms with Gasteiger partial charge in [0.05, 0.1) is 11.2 Å². The standard InChI is InChI=1S/C20H23N3O2/c1-13-6-7-14(11-24)10-15(13)16-8-9-17-18(21-16)22(5)19(25)23(17)12-20(2,3)4/h6-11H,12H2,1-5H3. The molecule has 0 amide bonds. The number of aryl methyl sites for hydroxylation is 2. The van der Waals surface area contributed by atoms with Crippen LogP contribution in [0, 0.1) is 12.3 Å². The SMILES string of the molecule is Cc1ccc(C=O)cc1-c1ccc2c(n1)n(C)c(=O)n2CC(C)(C)C. The van der Waals surface area contributed by atoms with Crippen molar-refractivity contribution in [1.82, 2.24) is 14.1 Å². The first-order chi connectivity index (χ1) is 11.7. The number of aldehydes is 1. The van der Waals surface area contributed by atoms with E-state index in [9.17, 15) is 9.59 Å². The highest BCUT2D eigenvalue weighted by Crippen LogP contribution is 2.26. The fourth-order valence-electron chi connectivity index (χ4n) is 3.04. The molecule has 1 aromatic carbocycles. The predicted molar refractivity (Wildman–Crippen MR) is 100.0 cm³/mol. The van der Waals surface area contributed by atoms with Crippen LogP contribution < -0.4 is 5.69 Å². The van der Waals surface area contributed by atoms with Crippen LogP contribution in [-0.4, -0.2) is 20.4 Å². The third-order valence-electron chi connectivity index (χ3n) is 4.29. The van der Waals surface area contributed by atoms with E-state index in [-0.39, 0.29) is 11.1 Å². The Morgan fingerprint density at radius 3 is 2.52 bits per heavy atom. The minimum Gasteiger partial charge on any atom is -0.298 e. The molecule has 0 saturated heterocycles. The van der Waals surface area contributed by atoms with Gasteiger partial charge in [-0.1, -0.05) is 32.9 Å². The Bertz CT molecular complexity index is 1020. The minimum atomic E-state index is -0.0621. The number of imidazole rings is 1. The first-order valence-corrected chi connectivity index (χ1v) is 8.34. The largest absolute Gasteiger partial charge is 0.330 e. The van der Waals surface area contributed by atoms with Crippen molar-refractivity contribution < 1.29 is 4.79 Å². The molecule has 5 nitrogen and oxygen atoms in total. The van der Waals surface area contributed by atoms with Crippen molar-refractivity contribution >= 4 is 17.5 Å². The van der Waals surface area contributed by atoms with Gasteiger partial charge in [0.25, 0.3) is 0 Å². The molecule has 0 aliphatic heterocycles. The average molecular weight is 337 g/mol. The van der Waals surface area contributed by atoms with Crippen molar-refractivity contribution in [3.05, 3.63) is 51.9 Å². The number of carbonyl (C=O) groups is 1. The summed E-state index contributed by atoms with van der Waals surface area (Å²) in [5.74, 6) is 0. The van der Waals surface area contributed by atoms with Crippen LogP contribution in [0.4, 0.5) is 0 Å². The highest BCUT2D eigenvalue weighted by molar-refractivity contribution is 5.81. The van der Waals surface area contributed by atoms with Crippen molar-refractivity contribution in [2.24, 2.45) is 12.5 Å². The summed E-state index contributed by atoms with van der Waals surface area (Å²) in [5.41, 5.74) is 4.73. The summed E-state index contributed by atoms with van der Waals surface area (Å²) in [6.07, 6.45) is 0.830. The Morgan fingerprint density at radius 2 is 1.88 bits per heavy atom. The Morgan fingerprint density at radius 1 is 1.16 bits per heavy atom. The van der Waals surface area contributed by atoms with Gasteiger partial charge >= 0.3 is 5.69 Å². The lowest BCUT2D eigenvalue weighted by molar-refractivity contribution is 0.112. The molecular formula is C20H23N3O2. The van der Waals surface area contributed by atoms with Gasteiger partial charge in [-0.2, -0.15) is 0 Å². The van der Waals surface area contributed by atoms with E-state index in [0.717, 1.165) is 28.6 Å². The fourth-order valence-corrected chi connectivity index (χ4v) is 3.04. The molecule has 2 aromatic heterocycles. The number of aromatic nitrogens is 3. The molecule has 0 N–H and O–H groups in total. The van der Waals surface area contributed by atoms with Crippen LogP contribution in [0.25, 0.3) is 22.4 Å². The molecule has 25 heavy (non-hydrogen) atoms. The third kappa shape index (κ3) is 3.14. The number of fused-ring (bicyclic) bond motifs is 1. The van der Waals surface area contributed by atoms with E-state index in [0.29, 0.717) is 17.8 Å². The van der Waals surface area contributed by atoms with Gasteiger partial charge in [0, 0.05) is 24.7 Å². The van der Waals surface area contributed by atoms with Crippen molar-refractivity contribution in [3.8, 4) is 11.3 Å². The second-order valence-corrected chi connectivity index (χ2v) is 7.72.